The molecule has 2 aliphatic carbocycles. The molecular weight excluding hydrogens is 540 g/mol. The van der Waals surface area contributed by atoms with Gasteiger partial charge in [-0.25, -0.2) is 28.1 Å². The summed E-state index contributed by atoms with van der Waals surface area (Å²) in [6, 6.07) is 7.54. The van der Waals surface area contributed by atoms with Gasteiger partial charge in [0.2, 0.25) is 5.95 Å². The van der Waals surface area contributed by atoms with E-state index in [2.05, 4.69) is 21.8 Å². The number of aliphatic hydroxyl groups is 1. The highest BCUT2D eigenvalue weighted by molar-refractivity contribution is 5.77. The Kier molecular flexibility index (Phi) is 6.11. The molecule has 4 aromatic rings. The van der Waals surface area contributed by atoms with Gasteiger partial charge in [0, 0.05) is 43.7 Å². The van der Waals surface area contributed by atoms with E-state index in [1.165, 1.54) is 10.9 Å². The number of aromatic nitrogens is 5. The van der Waals surface area contributed by atoms with Crippen LogP contribution < -0.4 is 10.9 Å². The van der Waals surface area contributed by atoms with Gasteiger partial charge >= 0.3 is 0 Å². The highest BCUT2D eigenvalue weighted by Crippen LogP contribution is 2.46. The number of likely N-dealkylation sites (N-methyl/N-ethyl adjacent to an activating group) is 1. The van der Waals surface area contributed by atoms with E-state index in [1.54, 1.807) is 16.8 Å². The minimum absolute atomic E-state index is 0.129. The fourth-order valence-electron chi connectivity index (χ4n) is 7.10. The number of aryl methyl sites for hydroxylation is 1. The summed E-state index contributed by atoms with van der Waals surface area (Å²) in [6.45, 7) is 7.25. The quantitative estimate of drug-likeness (QED) is 0.326. The van der Waals surface area contributed by atoms with E-state index in [9.17, 15) is 18.7 Å². The monoisotopic (exact) mass is 573 g/mol. The van der Waals surface area contributed by atoms with Crippen LogP contribution in [0.3, 0.4) is 0 Å². The van der Waals surface area contributed by atoms with Crippen molar-refractivity contribution in [2.45, 2.75) is 69.6 Å². The largest absolute Gasteiger partial charge is 0.384 e. The molecule has 42 heavy (non-hydrogen) atoms. The number of hydrogen-bond donors (Lipinski definition) is 2. The van der Waals surface area contributed by atoms with Gasteiger partial charge in [-0.15, -0.1) is 6.58 Å². The molecule has 3 aromatic heterocycles. The van der Waals surface area contributed by atoms with Gasteiger partial charge in [0.25, 0.3) is 11.5 Å². The number of alkyl halides is 2. The molecule has 0 bridgehead atoms. The first-order chi connectivity index (χ1) is 20.1. The van der Waals surface area contributed by atoms with E-state index < -0.39 is 11.5 Å². The highest BCUT2D eigenvalue weighted by atomic mass is 19.3. The SMILES string of the molecule is C=CCn1c(=O)c2cnc(Nc3cc4c5c(c3)CC(F)(F)CC5CN(C)C4)nc2n1-c1ccc2c(n1)C(O)(CC)CC2. The van der Waals surface area contributed by atoms with E-state index >= 15 is 0 Å². The minimum atomic E-state index is -2.75. The lowest BCUT2D eigenvalue weighted by Crippen LogP contribution is -2.39. The maximum Gasteiger partial charge on any atom is 0.278 e. The summed E-state index contributed by atoms with van der Waals surface area (Å²) < 4.78 is 32.5. The lowest BCUT2D eigenvalue weighted by Gasteiger charge is -2.39. The van der Waals surface area contributed by atoms with E-state index in [1.807, 2.05) is 32.2 Å². The third kappa shape index (κ3) is 4.25. The molecular formula is C31H33F2N7O2. The Morgan fingerprint density at radius 1 is 1.21 bits per heavy atom. The number of nitrogens with zero attached hydrogens (tertiary/aromatic N) is 6. The minimum Gasteiger partial charge on any atom is -0.384 e. The molecule has 1 aliphatic heterocycles. The molecule has 7 rings (SSSR count). The van der Waals surface area contributed by atoms with Crippen LogP contribution in [-0.4, -0.2) is 53.8 Å². The number of halogens is 2. The third-order valence-corrected chi connectivity index (χ3v) is 8.97. The van der Waals surface area contributed by atoms with Crippen molar-refractivity contribution in [3.05, 3.63) is 81.4 Å². The molecule has 9 nitrogen and oxygen atoms in total. The molecule has 0 radical (unpaired) electrons. The van der Waals surface area contributed by atoms with Crippen molar-refractivity contribution in [1.29, 1.82) is 0 Å². The molecule has 0 saturated heterocycles. The van der Waals surface area contributed by atoms with Gasteiger partial charge in [0.1, 0.15) is 11.0 Å². The Balaban J connectivity index is 1.33. The summed E-state index contributed by atoms with van der Waals surface area (Å²) in [7, 11) is 1.95. The van der Waals surface area contributed by atoms with Crippen LogP contribution in [0.2, 0.25) is 0 Å². The number of anilines is 2. The van der Waals surface area contributed by atoms with Gasteiger partial charge in [-0.05, 0) is 66.8 Å². The maximum atomic E-state index is 14.7. The van der Waals surface area contributed by atoms with Gasteiger partial charge in [-0.3, -0.25) is 4.79 Å². The number of pyridine rings is 1. The summed E-state index contributed by atoms with van der Waals surface area (Å²) in [5.41, 5.74) is 4.01. The fourth-order valence-corrected chi connectivity index (χ4v) is 7.10. The highest BCUT2D eigenvalue weighted by Gasteiger charge is 2.42. The number of nitrogens with one attached hydrogen (secondary N) is 1. The van der Waals surface area contributed by atoms with E-state index in [0.717, 1.165) is 23.1 Å². The normalized spacial score (nSPS) is 22.6. The van der Waals surface area contributed by atoms with Crippen molar-refractivity contribution in [2.75, 3.05) is 18.9 Å². The second-order valence-corrected chi connectivity index (χ2v) is 11.9. The number of fused-ring (bicyclic) bond motifs is 2. The number of hydrogen-bond acceptors (Lipinski definition) is 7. The molecule has 2 N–H and O–H groups in total. The Morgan fingerprint density at radius 2 is 2.02 bits per heavy atom. The first kappa shape index (κ1) is 26.9. The Hall–Kier alpha value is -3.96. The van der Waals surface area contributed by atoms with Crippen LogP contribution in [0.5, 0.6) is 0 Å². The number of rotatable bonds is 6. The van der Waals surface area contributed by atoms with Gasteiger partial charge in [-0.2, -0.15) is 4.98 Å². The third-order valence-electron chi connectivity index (χ3n) is 8.97. The average molecular weight is 574 g/mol. The van der Waals surface area contributed by atoms with Gasteiger partial charge in [-0.1, -0.05) is 19.1 Å². The topological polar surface area (TPSA) is 101 Å². The van der Waals surface area contributed by atoms with Crippen molar-refractivity contribution in [3.8, 4) is 5.82 Å². The fraction of sp³-hybridized carbons (Fsp3) is 0.419. The number of benzene rings is 1. The van der Waals surface area contributed by atoms with E-state index in [0.29, 0.717) is 59.7 Å². The van der Waals surface area contributed by atoms with Crippen LogP contribution in [0.4, 0.5) is 20.4 Å². The number of allylic oxidation sites excluding steroid dienone is 1. The Bertz CT molecular complexity index is 1810. The molecule has 218 valence electrons. The van der Waals surface area contributed by atoms with Crippen LogP contribution in [0.15, 0.2) is 47.9 Å². The summed E-state index contributed by atoms with van der Waals surface area (Å²) >= 11 is 0. The lowest BCUT2D eigenvalue weighted by molar-refractivity contribution is -0.0252. The summed E-state index contributed by atoms with van der Waals surface area (Å²) in [5.74, 6) is -2.26. The zero-order valence-corrected chi connectivity index (χ0v) is 23.7. The molecule has 2 unspecified atom stereocenters. The van der Waals surface area contributed by atoms with Crippen LogP contribution >= 0.6 is 0 Å². The molecule has 0 amide bonds. The summed E-state index contributed by atoms with van der Waals surface area (Å²) in [5, 5.41) is 14.7. The molecule has 0 fully saturated rings. The molecule has 1 aromatic carbocycles. The second-order valence-electron chi connectivity index (χ2n) is 11.9. The molecule has 3 aliphatic rings. The van der Waals surface area contributed by atoms with E-state index in [-0.39, 0.29) is 36.8 Å². The van der Waals surface area contributed by atoms with Gasteiger partial charge in [0.15, 0.2) is 11.5 Å². The van der Waals surface area contributed by atoms with Crippen molar-refractivity contribution in [2.24, 2.45) is 0 Å². The first-order valence-corrected chi connectivity index (χ1v) is 14.4. The van der Waals surface area contributed by atoms with Crippen LogP contribution in [0.1, 0.15) is 60.1 Å². The smallest absolute Gasteiger partial charge is 0.278 e. The molecule has 2 atom stereocenters. The van der Waals surface area contributed by atoms with Crippen LogP contribution in [-0.2, 0) is 31.5 Å². The van der Waals surface area contributed by atoms with Gasteiger partial charge in [0.05, 0.1) is 12.2 Å². The molecule has 0 saturated carbocycles. The van der Waals surface area contributed by atoms with Crippen LogP contribution in [0, 0.1) is 0 Å². The van der Waals surface area contributed by atoms with Crippen molar-refractivity contribution in [3.63, 3.8) is 0 Å². The zero-order valence-electron chi connectivity index (χ0n) is 23.7. The predicted molar refractivity (Wildman–Crippen MR) is 156 cm³/mol. The van der Waals surface area contributed by atoms with Crippen LogP contribution in [0.25, 0.3) is 16.9 Å². The standard InChI is InChI=1S/C31H33F2N7O2/c1-4-10-39-28(41)23-15-34-29(37-27(23)40(39)24-7-6-18-8-9-30(42,5-2)26(18)36-24)35-22-11-19-13-31(32,33)14-21-17-38(3)16-20(12-22)25(19)21/h4,6-7,11-12,15,21,42H,1,5,8-10,13-14,16-17H2,2-3H3,(H,34,35,37). The second kappa shape index (κ2) is 9.53. The molecule has 0 spiro atoms. The van der Waals surface area contributed by atoms with Gasteiger partial charge < -0.3 is 15.3 Å². The summed E-state index contributed by atoms with van der Waals surface area (Å²) in [6.07, 6.45) is 4.54. The van der Waals surface area contributed by atoms with Crippen molar-refractivity contribution in [1.82, 2.24) is 29.2 Å². The lowest BCUT2D eigenvalue weighted by atomic mass is 9.76. The predicted octanol–water partition coefficient (Wildman–Crippen LogP) is 4.56. The van der Waals surface area contributed by atoms with Crippen molar-refractivity contribution >= 4 is 22.7 Å². The summed E-state index contributed by atoms with van der Waals surface area (Å²) in [4.78, 5) is 29.5. The average Bonchev–Trinajstić information content (AvgIpc) is 3.41. The Morgan fingerprint density at radius 3 is 2.81 bits per heavy atom. The maximum absolute atomic E-state index is 14.7. The molecule has 11 heteroatoms. The first-order valence-electron chi connectivity index (χ1n) is 14.4. The molecule has 4 heterocycles. The zero-order chi connectivity index (χ0) is 29.4. The van der Waals surface area contributed by atoms with Crippen molar-refractivity contribution < 1.29 is 13.9 Å². The Labute approximate surface area is 241 Å². The van der Waals surface area contributed by atoms with E-state index in [4.69, 9.17) is 9.97 Å².